The van der Waals surface area contributed by atoms with Crippen LogP contribution in [-0.4, -0.2) is 11.1 Å². The van der Waals surface area contributed by atoms with Crippen molar-refractivity contribution in [3.63, 3.8) is 0 Å². The van der Waals surface area contributed by atoms with Crippen molar-refractivity contribution in [3.05, 3.63) is 35.1 Å². The van der Waals surface area contributed by atoms with Gasteiger partial charge in [0.2, 0.25) is 0 Å². The van der Waals surface area contributed by atoms with Crippen LogP contribution in [0.1, 0.15) is 99.4 Å². The second-order valence-corrected chi connectivity index (χ2v) is 7.32. The maximum atomic E-state index is 13.8. The third-order valence-electron chi connectivity index (χ3n) is 5.51. The molecule has 1 aromatic carbocycles. The first kappa shape index (κ1) is 19.0. The molecule has 1 aromatic rings. The quantitative estimate of drug-likeness (QED) is 0.520. The molecule has 0 amide bonds. The van der Waals surface area contributed by atoms with Gasteiger partial charge in [0.25, 0.3) is 0 Å². The minimum Gasteiger partial charge on any atom is -0.478 e. The molecular weight excluding hydrogens is 303 g/mol. The van der Waals surface area contributed by atoms with E-state index in [2.05, 4.69) is 6.92 Å². The Kier molecular flexibility index (Phi) is 7.74. The number of benzene rings is 1. The molecule has 0 aromatic heterocycles. The Morgan fingerprint density at radius 2 is 1.75 bits per heavy atom. The number of halogens is 1. The van der Waals surface area contributed by atoms with Gasteiger partial charge < -0.3 is 5.11 Å². The van der Waals surface area contributed by atoms with E-state index < -0.39 is 11.8 Å². The molecule has 2 rings (SSSR count). The minimum atomic E-state index is -1.19. The number of aromatic carboxylic acids is 1. The van der Waals surface area contributed by atoms with Crippen LogP contribution in [0.3, 0.4) is 0 Å². The van der Waals surface area contributed by atoms with Gasteiger partial charge in [0.1, 0.15) is 5.82 Å². The molecule has 0 atom stereocenters. The fraction of sp³-hybridized carbons (Fsp3) is 0.667. The van der Waals surface area contributed by atoms with Crippen molar-refractivity contribution in [1.29, 1.82) is 0 Å². The summed E-state index contributed by atoms with van der Waals surface area (Å²) < 4.78 is 13.8. The Labute approximate surface area is 145 Å². The van der Waals surface area contributed by atoms with Crippen LogP contribution in [0.4, 0.5) is 4.39 Å². The van der Waals surface area contributed by atoms with Gasteiger partial charge in [-0.05, 0) is 55.2 Å². The van der Waals surface area contributed by atoms with Crippen molar-refractivity contribution in [1.82, 2.24) is 0 Å². The number of carboxylic acid groups (broad SMARTS) is 1. The van der Waals surface area contributed by atoms with Gasteiger partial charge >= 0.3 is 5.97 Å². The van der Waals surface area contributed by atoms with Crippen molar-refractivity contribution >= 4 is 5.97 Å². The molecule has 0 unspecified atom stereocenters. The molecule has 0 saturated heterocycles. The number of unbranched alkanes of at least 4 members (excludes halogenated alkanes) is 5. The summed E-state index contributed by atoms with van der Waals surface area (Å²) >= 11 is 0. The molecule has 1 N–H and O–H groups in total. The number of hydrogen-bond donors (Lipinski definition) is 1. The predicted molar refractivity (Wildman–Crippen MR) is 96.1 cm³/mol. The topological polar surface area (TPSA) is 37.3 Å². The molecule has 0 radical (unpaired) electrons. The van der Waals surface area contributed by atoms with Gasteiger partial charge in [-0.3, -0.25) is 0 Å². The summed E-state index contributed by atoms with van der Waals surface area (Å²) in [6.45, 7) is 2.25. The van der Waals surface area contributed by atoms with E-state index in [4.69, 9.17) is 5.11 Å². The van der Waals surface area contributed by atoms with Crippen LogP contribution < -0.4 is 0 Å². The zero-order chi connectivity index (χ0) is 17.4. The smallest absolute Gasteiger partial charge is 0.338 e. The summed E-state index contributed by atoms with van der Waals surface area (Å²) in [6, 6.07) is 4.64. The highest BCUT2D eigenvalue weighted by Gasteiger charge is 2.23. The van der Waals surface area contributed by atoms with Crippen LogP contribution in [0.15, 0.2) is 18.2 Å². The van der Waals surface area contributed by atoms with Gasteiger partial charge in [0.15, 0.2) is 0 Å². The Morgan fingerprint density at radius 3 is 2.38 bits per heavy atom. The minimum absolute atomic E-state index is 0.226. The molecule has 0 aliphatic heterocycles. The second kappa shape index (κ2) is 9.80. The molecule has 134 valence electrons. The number of carbonyl (C=O) groups is 1. The highest BCUT2D eigenvalue weighted by Crippen LogP contribution is 2.38. The normalized spacial score (nSPS) is 20.9. The first-order chi connectivity index (χ1) is 11.6. The summed E-state index contributed by atoms with van der Waals surface area (Å²) in [7, 11) is 0. The van der Waals surface area contributed by atoms with Crippen molar-refractivity contribution < 1.29 is 14.3 Å². The molecule has 1 aliphatic rings. The fourth-order valence-corrected chi connectivity index (χ4v) is 3.96. The first-order valence-electron chi connectivity index (χ1n) is 9.64. The van der Waals surface area contributed by atoms with Gasteiger partial charge in [-0.1, -0.05) is 57.9 Å². The van der Waals surface area contributed by atoms with E-state index >= 15 is 0 Å². The van der Waals surface area contributed by atoms with Gasteiger partial charge in [0.05, 0.1) is 5.56 Å². The molecule has 1 aliphatic carbocycles. The van der Waals surface area contributed by atoms with Gasteiger partial charge in [-0.2, -0.15) is 0 Å². The van der Waals surface area contributed by atoms with Crippen molar-refractivity contribution in [2.24, 2.45) is 5.92 Å². The number of hydrogen-bond acceptors (Lipinski definition) is 1. The molecule has 1 fully saturated rings. The lowest BCUT2D eigenvalue weighted by Crippen LogP contribution is -2.14. The third kappa shape index (κ3) is 5.61. The van der Waals surface area contributed by atoms with Crippen molar-refractivity contribution in [2.45, 2.75) is 83.5 Å². The summed E-state index contributed by atoms with van der Waals surface area (Å²) in [5.41, 5.74) is 0.742. The van der Waals surface area contributed by atoms with E-state index in [1.165, 1.54) is 69.9 Å². The summed E-state index contributed by atoms with van der Waals surface area (Å²) in [6.07, 6.45) is 14.1. The largest absolute Gasteiger partial charge is 0.478 e. The Morgan fingerprint density at radius 1 is 1.08 bits per heavy atom. The third-order valence-corrected chi connectivity index (χ3v) is 5.51. The van der Waals surface area contributed by atoms with E-state index in [9.17, 15) is 9.18 Å². The first-order valence-corrected chi connectivity index (χ1v) is 9.64. The van der Waals surface area contributed by atoms with E-state index in [-0.39, 0.29) is 5.56 Å². The predicted octanol–water partition coefficient (Wildman–Crippen LogP) is 6.55. The van der Waals surface area contributed by atoms with Crippen LogP contribution in [0.25, 0.3) is 0 Å². The summed E-state index contributed by atoms with van der Waals surface area (Å²) in [5, 5.41) is 8.91. The zero-order valence-electron chi connectivity index (χ0n) is 14.9. The van der Waals surface area contributed by atoms with Crippen LogP contribution in [0.2, 0.25) is 0 Å². The Balaban J connectivity index is 1.72. The Hall–Kier alpha value is -1.38. The zero-order valence-corrected chi connectivity index (χ0v) is 14.9. The lowest BCUT2D eigenvalue weighted by Gasteiger charge is -2.29. The molecule has 3 heteroatoms. The van der Waals surface area contributed by atoms with Gasteiger partial charge in [-0.25, -0.2) is 9.18 Å². The monoisotopic (exact) mass is 334 g/mol. The average molecular weight is 334 g/mol. The van der Waals surface area contributed by atoms with E-state index in [0.29, 0.717) is 5.92 Å². The molecule has 2 nitrogen and oxygen atoms in total. The van der Waals surface area contributed by atoms with Gasteiger partial charge in [0, 0.05) is 0 Å². The highest BCUT2D eigenvalue weighted by atomic mass is 19.1. The second-order valence-electron chi connectivity index (χ2n) is 7.32. The molecular formula is C21H31FO2. The summed E-state index contributed by atoms with van der Waals surface area (Å²) in [5.74, 6) is -0.574. The SMILES string of the molecule is CCCCCCCCC1CCC(c2ccc(C(=O)O)c(F)c2)CC1. The lowest BCUT2D eigenvalue weighted by atomic mass is 9.77. The van der Waals surface area contributed by atoms with Crippen LogP contribution in [0, 0.1) is 11.7 Å². The maximum Gasteiger partial charge on any atom is 0.338 e. The maximum absolute atomic E-state index is 13.8. The van der Waals surface area contributed by atoms with E-state index in [1.54, 1.807) is 6.07 Å². The van der Waals surface area contributed by atoms with E-state index in [0.717, 1.165) is 24.3 Å². The van der Waals surface area contributed by atoms with Crippen LogP contribution in [-0.2, 0) is 0 Å². The standard InChI is InChI=1S/C21H31FO2/c1-2-3-4-5-6-7-8-16-9-11-17(12-10-16)18-13-14-19(21(23)24)20(22)15-18/h13-17H,2-12H2,1H3,(H,23,24). The van der Waals surface area contributed by atoms with E-state index in [1.807, 2.05) is 0 Å². The van der Waals surface area contributed by atoms with Crippen molar-refractivity contribution in [3.8, 4) is 0 Å². The van der Waals surface area contributed by atoms with Crippen LogP contribution >= 0.6 is 0 Å². The van der Waals surface area contributed by atoms with Gasteiger partial charge in [-0.15, -0.1) is 0 Å². The average Bonchev–Trinajstić information content (AvgIpc) is 2.58. The Bertz CT molecular complexity index is 519. The lowest BCUT2D eigenvalue weighted by molar-refractivity contribution is 0.0692. The number of carboxylic acids is 1. The fourth-order valence-electron chi connectivity index (χ4n) is 3.96. The molecule has 0 bridgehead atoms. The highest BCUT2D eigenvalue weighted by molar-refractivity contribution is 5.87. The number of rotatable bonds is 9. The molecule has 0 spiro atoms. The molecule has 1 saturated carbocycles. The van der Waals surface area contributed by atoms with Crippen molar-refractivity contribution in [2.75, 3.05) is 0 Å². The molecule has 0 heterocycles. The summed E-state index contributed by atoms with van der Waals surface area (Å²) in [4.78, 5) is 10.9. The molecule has 24 heavy (non-hydrogen) atoms. The van der Waals surface area contributed by atoms with Crippen LogP contribution in [0.5, 0.6) is 0 Å².